The molecule has 0 nitrogen and oxygen atoms in total. The molecule has 1 heteroatoms. The molecule has 0 fully saturated rings. The summed E-state index contributed by atoms with van der Waals surface area (Å²) in [4.78, 5) is 0. The highest BCUT2D eigenvalue weighted by Crippen LogP contribution is 2.69. The number of aryl methyl sites for hydroxylation is 1. The van der Waals surface area contributed by atoms with Gasteiger partial charge in [-0.1, -0.05) is 120 Å². The van der Waals surface area contributed by atoms with Crippen molar-refractivity contribution in [3.63, 3.8) is 0 Å². The van der Waals surface area contributed by atoms with Crippen LogP contribution in [0.4, 0.5) is 0 Å². The van der Waals surface area contributed by atoms with Crippen LogP contribution in [-0.4, -0.2) is 10.3 Å². The molecule has 0 saturated carbocycles. The molecule has 0 aromatic heterocycles. The predicted molar refractivity (Wildman–Crippen MR) is 138 cm³/mol. The average molecular weight is 413 g/mol. The number of allylic oxidation sites excluding steroid dienone is 4. The number of hydrogen-bond acceptors (Lipinski definition) is 0. The summed E-state index contributed by atoms with van der Waals surface area (Å²) in [5.74, 6) is 1.02. The Labute approximate surface area is 183 Å². The number of rotatable bonds is 3. The summed E-state index contributed by atoms with van der Waals surface area (Å²) in [6, 6.07) is 4.80. The first-order chi connectivity index (χ1) is 13.3. The molecule has 2 unspecified atom stereocenters. The van der Waals surface area contributed by atoms with Gasteiger partial charge < -0.3 is 0 Å². The van der Waals surface area contributed by atoms with Gasteiger partial charge in [0.1, 0.15) is 0 Å². The lowest BCUT2D eigenvalue weighted by atomic mass is 9.80. The Morgan fingerprint density at radius 2 is 1.66 bits per heavy atom. The summed E-state index contributed by atoms with van der Waals surface area (Å²) in [5.41, 5.74) is 7.06. The summed E-state index contributed by atoms with van der Waals surface area (Å²) in [7, 11) is -0.408. The molecule has 1 aliphatic heterocycles. The summed E-state index contributed by atoms with van der Waals surface area (Å²) >= 11 is 0. The maximum Gasteiger partial charge on any atom is -0.0100 e. The molecule has 0 aliphatic carbocycles. The molecule has 162 valence electrons. The topological polar surface area (TPSA) is 0 Å². The van der Waals surface area contributed by atoms with Crippen molar-refractivity contribution in [1.82, 2.24) is 0 Å². The van der Waals surface area contributed by atoms with Gasteiger partial charge in [0.2, 0.25) is 0 Å². The average Bonchev–Trinajstić information content (AvgIpc) is 2.60. The molecule has 2 atom stereocenters. The standard InChI is InChI=1S/C26H39P.C2H6/c1-12-20-23(13-2)27(25(7,8)9)26(10,11)16-19(6)22-15-18(5)14-21(17(3)4)24(20)22;1-2/h12-15,17,19H,1-2,16H2,3-11H3;1-2H3/b23-20-;. The summed E-state index contributed by atoms with van der Waals surface area (Å²) in [5, 5.41) is 1.89. The molecule has 0 radical (unpaired) electrons. The number of fused-ring (bicyclic) bond motifs is 1. The zero-order valence-electron chi connectivity index (χ0n) is 21.0. The molecule has 0 bridgehead atoms. The molecular weight excluding hydrogens is 367 g/mol. The van der Waals surface area contributed by atoms with E-state index in [-0.39, 0.29) is 10.3 Å². The minimum atomic E-state index is -0.408. The minimum absolute atomic E-state index is 0.219. The highest BCUT2D eigenvalue weighted by atomic mass is 31.1. The quantitative estimate of drug-likeness (QED) is 0.433. The molecule has 1 aromatic rings. The van der Waals surface area contributed by atoms with Gasteiger partial charge in [-0.25, -0.2) is 0 Å². The molecule has 0 amide bonds. The fourth-order valence-electron chi connectivity index (χ4n) is 5.20. The van der Waals surface area contributed by atoms with E-state index in [0.717, 1.165) is 0 Å². The molecule has 0 N–H and O–H groups in total. The van der Waals surface area contributed by atoms with Crippen molar-refractivity contribution in [2.24, 2.45) is 0 Å². The van der Waals surface area contributed by atoms with Gasteiger partial charge in [0, 0.05) is 0 Å². The second-order valence-corrected chi connectivity index (χ2v) is 13.8. The van der Waals surface area contributed by atoms with E-state index < -0.39 is 7.92 Å². The van der Waals surface area contributed by atoms with Crippen LogP contribution < -0.4 is 0 Å². The smallest absolute Gasteiger partial charge is 0.0100 e. The van der Waals surface area contributed by atoms with Crippen LogP contribution in [0.3, 0.4) is 0 Å². The van der Waals surface area contributed by atoms with Gasteiger partial charge in [0.05, 0.1) is 0 Å². The second kappa shape index (κ2) is 9.78. The molecule has 0 saturated heterocycles. The van der Waals surface area contributed by atoms with Gasteiger partial charge in [-0.15, -0.1) is 0 Å². The van der Waals surface area contributed by atoms with Gasteiger partial charge >= 0.3 is 0 Å². The Morgan fingerprint density at radius 3 is 2.07 bits per heavy atom. The molecule has 1 aromatic carbocycles. The lowest BCUT2D eigenvalue weighted by molar-refractivity contribution is 0.543. The lowest BCUT2D eigenvalue weighted by Crippen LogP contribution is -2.31. The van der Waals surface area contributed by atoms with Crippen LogP contribution in [-0.2, 0) is 0 Å². The van der Waals surface area contributed by atoms with Crippen LogP contribution in [0.15, 0.2) is 42.8 Å². The third kappa shape index (κ3) is 5.32. The molecular formula is C28H45P. The fourth-order valence-corrected chi connectivity index (χ4v) is 9.47. The molecule has 2 rings (SSSR count). The Kier molecular flexibility index (Phi) is 8.74. The van der Waals surface area contributed by atoms with E-state index in [4.69, 9.17) is 0 Å². The zero-order valence-corrected chi connectivity index (χ0v) is 21.9. The minimum Gasteiger partial charge on any atom is -0.0984 e. The monoisotopic (exact) mass is 412 g/mol. The molecule has 1 heterocycles. The van der Waals surface area contributed by atoms with E-state index in [0.29, 0.717) is 11.8 Å². The summed E-state index contributed by atoms with van der Waals surface area (Å²) < 4.78 is 0. The van der Waals surface area contributed by atoms with E-state index in [1.165, 1.54) is 39.6 Å². The number of benzene rings is 1. The first-order valence-electron chi connectivity index (χ1n) is 11.3. The van der Waals surface area contributed by atoms with Crippen LogP contribution in [0.1, 0.15) is 110 Å². The Morgan fingerprint density at radius 1 is 1.10 bits per heavy atom. The molecule has 29 heavy (non-hydrogen) atoms. The van der Waals surface area contributed by atoms with Crippen molar-refractivity contribution in [1.29, 1.82) is 0 Å². The highest BCUT2D eigenvalue weighted by Gasteiger charge is 2.42. The van der Waals surface area contributed by atoms with Crippen molar-refractivity contribution in [2.45, 2.75) is 105 Å². The van der Waals surface area contributed by atoms with Crippen LogP contribution >= 0.6 is 7.92 Å². The molecule has 1 aliphatic rings. The van der Waals surface area contributed by atoms with Gasteiger partial charge in [-0.05, 0) is 63.1 Å². The van der Waals surface area contributed by atoms with Gasteiger partial charge in [-0.3, -0.25) is 0 Å². The highest BCUT2D eigenvalue weighted by molar-refractivity contribution is 7.65. The van der Waals surface area contributed by atoms with Crippen LogP contribution in [0.25, 0.3) is 5.57 Å². The van der Waals surface area contributed by atoms with Crippen molar-refractivity contribution in [3.05, 3.63) is 65.0 Å². The third-order valence-corrected chi connectivity index (χ3v) is 9.40. The van der Waals surface area contributed by atoms with Crippen LogP contribution in [0.2, 0.25) is 0 Å². The van der Waals surface area contributed by atoms with Crippen LogP contribution in [0.5, 0.6) is 0 Å². The predicted octanol–water partition coefficient (Wildman–Crippen LogP) is 9.79. The summed E-state index contributed by atoms with van der Waals surface area (Å²) in [6.07, 6.45) is 5.44. The van der Waals surface area contributed by atoms with E-state index in [2.05, 4.69) is 99.8 Å². The number of hydrogen-bond donors (Lipinski definition) is 0. The maximum atomic E-state index is 4.28. The van der Waals surface area contributed by atoms with E-state index in [1.54, 1.807) is 0 Å². The second-order valence-electron chi connectivity index (χ2n) is 10.1. The molecule has 0 spiro atoms. The zero-order chi connectivity index (χ0) is 22.7. The van der Waals surface area contributed by atoms with E-state index >= 15 is 0 Å². The fraction of sp³-hybridized carbons (Fsp3) is 0.571. The normalized spacial score (nSPS) is 24.0. The SMILES string of the molecule is C=C/C1=C(\C=C)P(C(C)(C)C)C(C)(C)CC(C)c2cc(C)cc(C(C)C)c21.CC. The Balaban J connectivity index is 0.00000204. The lowest BCUT2D eigenvalue weighted by Gasteiger charge is -2.48. The van der Waals surface area contributed by atoms with Gasteiger partial charge in [0.25, 0.3) is 0 Å². The summed E-state index contributed by atoms with van der Waals surface area (Å²) in [6.45, 7) is 33.9. The Hall–Kier alpha value is -1.13. The first kappa shape index (κ1) is 25.9. The van der Waals surface area contributed by atoms with Crippen molar-refractivity contribution >= 4 is 13.5 Å². The van der Waals surface area contributed by atoms with Crippen molar-refractivity contribution < 1.29 is 0 Å². The van der Waals surface area contributed by atoms with Crippen molar-refractivity contribution in [2.75, 3.05) is 0 Å². The van der Waals surface area contributed by atoms with Crippen molar-refractivity contribution in [3.8, 4) is 0 Å². The first-order valence-corrected chi connectivity index (χ1v) is 12.6. The maximum absolute atomic E-state index is 4.28. The van der Waals surface area contributed by atoms with E-state index in [9.17, 15) is 0 Å². The van der Waals surface area contributed by atoms with Crippen LogP contribution in [0, 0.1) is 6.92 Å². The van der Waals surface area contributed by atoms with Gasteiger partial charge in [0.15, 0.2) is 0 Å². The Bertz CT molecular complexity index is 768. The van der Waals surface area contributed by atoms with Gasteiger partial charge in [-0.2, -0.15) is 0 Å². The largest absolute Gasteiger partial charge is 0.0984 e. The van der Waals surface area contributed by atoms with E-state index in [1.807, 2.05) is 13.8 Å². The third-order valence-electron chi connectivity index (χ3n) is 5.76.